The zero-order valence-corrected chi connectivity index (χ0v) is 21.0. The number of amides is 1. The standard InChI is InChI=1S/C30H37N3O2/c1-4-8-23-16-22(15-21-9-6-5-7-10-21)17-26-28(11-12-32-29(23)26)33-30(35)27(31)18-25-19(2)13-24(34)14-20(25)3/h5-7,9-10,13-14,16-17,27-28,32,34H,4,8,11-12,15,18,31H2,1-3H3,(H,33,35). The lowest BCUT2D eigenvalue weighted by Gasteiger charge is -2.31. The number of carbonyl (C=O) groups is 1. The molecule has 1 amide bonds. The number of fused-ring (bicyclic) bond motifs is 1. The molecular formula is C30H37N3O2. The van der Waals surface area contributed by atoms with E-state index in [-0.39, 0.29) is 17.7 Å². The Balaban J connectivity index is 1.56. The van der Waals surface area contributed by atoms with Gasteiger partial charge < -0.3 is 21.5 Å². The van der Waals surface area contributed by atoms with Crippen LogP contribution in [0.15, 0.2) is 54.6 Å². The number of benzene rings is 3. The number of nitrogens with two attached hydrogens (primary N) is 1. The highest BCUT2D eigenvalue weighted by Gasteiger charge is 2.27. The summed E-state index contributed by atoms with van der Waals surface area (Å²) in [6, 6.07) is 17.8. The van der Waals surface area contributed by atoms with E-state index >= 15 is 0 Å². The summed E-state index contributed by atoms with van der Waals surface area (Å²) in [5.41, 5.74) is 15.5. The van der Waals surface area contributed by atoms with Crippen LogP contribution < -0.4 is 16.4 Å². The third kappa shape index (κ3) is 5.85. The van der Waals surface area contributed by atoms with E-state index in [4.69, 9.17) is 5.73 Å². The molecule has 2 unspecified atom stereocenters. The summed E-state index contributed by atoms with van der Waals surface area (Å²) in [5, 5.41) is 16.7. The third-order valence-corrected chi connectivity index (χ3v) is 6.95. The Morgan fingerprint density at radius 3 is 2.51 bits per heavy atom. The van der Waals surface area contributed by atoms with Crippen LogP contribution in [0.3, 0.4) is 0 Å². The minimum Gasteiger partial charge on any atom is -0.508 e. The minimum absolute atomic E-state index is 0.0712. The molecule has 0 radical (unpaired) electrons. The molecule has 5 heteroatoms. The van der Waals surface area contributed by atoms with Gasteiger partial charge in [-0.2, -0.15) is 0 Å². The Bertz CT molecular complexity index is 1170. The molecule has 5 N–H and O–H groups in total. The number of hydrogen-bond donors (Lipinski definition) is 4. The van der Waals surface area contributed by atoms with Gasteiger partial charge >= 0.3 is 0 Å². The van der Waals surface area contributed by atoms with E-state index in [1.807, 2.05) is 19.9 Å². The molecule has 1 heterocycles. The van der Waals surface area contributed by atoms with Crippen LogP contribution in [0.4, 0.5) is 5.69 Å². The number of hydrogen-bond acceptors (Lipinski definition) is 4. The second kappa shape index (κ2) is 11.0. The van der Waals surface area contributed by atoms with E-state index in [1.165, 1.54) is 22.4 Å². The second-order valence-corrected chi connectivity index (χ2v) is 9.78. The number of aryl methyl sites for hydroxylation is 3. The van der Waals surface area contributed by atoms with E-state index < -0.39 is 6.04 Å². The number of phenols is 1. The summed E-state index contributed by atoms with van der Waals surface area (Å²) >= 11 is 0. The lowest BCUT2D eigenvalue weighted by molar-refractivity contribution is -0.123. The lowest BCUT2D eigenvalue weighted by atomic mass is 9.89. The van der Waals surface area contributed by atoms with Gasteiger partial charge in [0.2, 0.25) is 5.91 Å². The maximum Gasteiger partial charge on any atom is 0.237 e. The zero-order chi connectivity index (χ0) is 24.9. The highest BCUT2D eigenvalue weighted by atomic mass is 16.3. The molecule has 1 aliphatic rings. The Hall–Kier alpha value is -3.31. The minimum atomic E-state index is -0.655. The van der Waals surface area contributed by atoms with Crippen LogP contribution in [-0.4, -0.2) is 23.6 Å². The van der Waals surface area contributed by atoms with Crippen molar-refractivity contribution in [3.8, 4) is 5.75 Å². The van der Waals surface area contributed by atoms with Crippen LogP contribution in [0.5, 0.6) is 5.75 Å². The van der Waals surface area contributed by atoms with Crippen molar-refractivity contribution in [1.29, 1.82) is 0 Å². The number of rotatable bonds is 8. The molecule has 3 aromatic rings. The largest absolute Gasteiger partial charge is 0.508 e. The smallest absolute Gasteiger partial charge is 0.237 e. The summed E-state index contributed by atoms with van der Waals surface area (Å²) in [5.74, 6) is 0.0995. The molecule has 0 spiro atoms. The van der Waals surface area contributed by atoms with Gasteiger partial charge in [0.25, 0.3) is 0 Å². The Morgan fingerprint density at radius 1 is 1.11 bits per heavy atom. The van der Waals surface area contributed by atoms with Gasteiger partial charge in [0.1, 0.15) is 5.75 Å². The number of aromatic hydroxyl groups is 1. The van der Waals surface area contributed by atoms with E-state index in [1.54, 1.807) is 12.1 Å². The second-order valence-electron chi connectivity index (χ2n) is 9.78. The Morgan fingerprint density at radius 2 is 1.83 bits per heavy atom. The van der Waals surface area contributed by atoms with Crippen LogP contribution in [0.2, 0.25) is 0 Å². The highest BCUT2D eigenvalue weighted by Crippen LogP contribution is 2.35. The van der Waals surface area contributed by atoms with Gasteiger partial charge in [-0.05, 0) is 90.6 Å². The average Bonchev–Trinajstić information content (AvgIpc) is 2.82. The topological polar surface area (TPSA) is 87.4 Å². The van der Waals surface area contributed by atoms with Gasteiger partial charge in [0.05, 0.1) is 12.1 Å². The first-order valence-electron chi connectivity index (χ1n) is 12.6. The Labute approximate surface area is 208 Å². The van der Waals surface area contributed by atoms with Crippen molar-refractivity contribution in [2.75, 3.05) is 11.9 Å². The first kappa shape index (κ1) is 24.8. The fourth-order valence-electron chi connectivity index (χ4n) is 5.22. The zero-order valence-electron chi connectivity index (χ0n) is 21.0. The molecule has 0 bridgehead atoms. The summed E-state index contributed by atoms with van der Waals surface area (Å²) in [4.78, 5) is 13.2. The van der Waals surface area contributed by atoms with Gasteiger partial charge in [0, 0.05) is 12.2 Å². The third-order valence-electron chi connectivity index (χ3n) is 6.95. The SMILES string of the molecule is CCCc1cc(Cc2ccccc2)cc2c1NCCC2NC(=O)C(N)Cc1c(C)cc(O)cc1C. The van der Waals surface area contributed by atoms with Crippen molar-refractivity contribution in [2.45, 2.75) is 65.0 Å². The van der Waals surface area contributed by atoms with Crippen LogP contribution in [0.1, 0.15) is 64.8 Å². The van der Waals surface area contributed by atoms with Gasteiger partial charge in [0.15, 0.2) is 0 Å². The van der Waals surface area contributed by atoms with Crippen molar-refractivity contribution >= 4 is 11.6 Å². The fraction of sp³-hybridized carbons (Fsp3) is 0.367. The van der Waals surface area contributed by atoms with Crippen molar-refractivity contribution in [3.05, 3.63) is 93.5 Å². The normalized spacial score (nSPS) is 15.7. The van der Waals surface area contributed by atoms with Crippen LogP contribution in [0, 0.1) is 13.8 Å². The number of anilines is 1. The summed E-state index contributed by atoms with van der Waals surface area (Å²) in [7, 11) is 0. The predicted molar refractivity (Wildman–Crippen MR) is 143 cm³/mol. The van der Waals surface area contributed by atoms with Gasteiger partial charge in [-0.25, -0.2) is 0 Å². The summed E-state index contributed by atoms with van der Waals surface area (Å²) < 4.78 is 0. The molecule has 0 saturated carbocycles. The summed E-state index contributed by atoms with van der Waals surface area (Å²) in [6.45, 7) is 6.90. The molecular weight excluding hydrogens is 434 g/mol. The molecule has 184 valence electrons. The van der Waals surface area contributed by atoms with Gasteiger partial charge in [-0.15, -0.1) is 0 Å². The van der Waals surface area contributed by atoms with Crippen LogP contribution >= 0.6 is 0 Å². The highest BCUT2D eigenvalue weighted by molar-refractivity contribution is 5.83. The number of phenolic OH excluding ortho intramolecular Hbond substituents is 1. The van der Waals surface area contributed by atoms with E-state index in [0.717, 1.165) is 54.5 Å². The first-order chi connectivity index (χ1) is 16.9. The number of carbonyl (C=O) groups excluding carboxylic acids is 1. The van der Waals surface area contributed by atoms with Crippen molar-refractivity contribution in [1.82, 2.24) is 5.32 Å². The molecule has 35 heavy (non-hydrogen) atoms. The lowest BCUT2D eigenvalue weighted by Crippen LogP contribution is -2.45. The van der Waals surface area contributed by atoms with Crippen molar-refractivity contribution in [3.63, 3.8) is 0 Å². The summed E-state index contributed by atoms with van der Waals surface area (Å²) in [6.07, 6.45) is 4.19. The van der Waals surface area contributed by atoms with E-state index in [0.29, 0.717) is 6.42 Å². The van der Waals surface area contributed by atoms with E-state index in [2.05, 4.69) is 54.0 Å². The molecule has 0 aliphatic carbocycles. The quantitative estimate of drug-likeness (QED) is 0.368. The first-order valence-corrected chi connectivity index (χ1v) is 12.6. The molecule has 4 rings (SSSR count). The molecule has 1 aliphatic heterocycles. The number of nitrogens with one attached hydrogen (secondary N) is 2. The van der Waals surface area contributed by atoms with Crippen molar-refractivity contribution < 1.29 is 9.90 Å². The maximum atomic E-state index is 13.2. The molecule has 0 aromatic heterocycles. The van der Waals surface area contributed by atoms with Crippen LogP contribution in [0.25, 0.3) is 0 Å². The van der Waals surface area contributed by atoms with Gasteiger partial charge in [-0.3, -0.25) is 4.79 Å². The molecule has 3 aromatic carbocycles. The maximum absolute atomic E-state index is 13.2. The molecule has 0 fully saturated rings. The van der Waals surface area contributed by atoms with Crippen molar-refractivity contribution in [2.24, 2.45) is 5.73 Å². The predicted octanol–water partition coefficient (Wildman–Crippen LogP) is 5.10. The average molecular weight is 472 g/mol. The van der Waals surface area contributed by atoms with E-state index in [9.17, 15) is 9.90 Å². The van der Waals surface area contributed by atoms with Gasteiger partial charge in [-0.1, -0.05) is 55.8 Å². The Kier molecular flexibility index (Phi) is 7.76. The fourth-order valence-corrected chi connectivity index (χ4v) is 5.22. The van der Waals surface area contributed by atoms with Crippen LogP contribution in [-0.2, 0) is 24.1 Å². The molecule has 2 atom stereocenters. The monoisotopic (exact) mass is 471 g/mol. The molecule has 5 nitrogen and oxygen atoms in total. The molecule has 0 saturated heterocycles.